The van der Waals surface area contributed by atoms with Gasteiger partial charge >= 0.3 is 6.01 Å². The van der Waals surface area contributed by atoms with E-state index in [-0.39, 0.29) is 5.91 Å². The number of hydrogen-bond donors (Lipinski definition) is 3. The normalized spacial score (nSPS) is 10.2. The van der Waals surface area contributed by atoms with E-state index in [1.54, 1.807) is 7.05 Å². The van der Waals surface area contributed by atoms with E-state index in [0.29, 0.717) is 37.8 Å². The van der Waals surface area contributed by atoms with Crippen molar-refractivity contribution in [2.75, 3.05) is 18.9 Å². The van der Waals surface area contributed by atoms with Crippen LogP contribution in [0, 0.1) is 0 Å². The third-order valence-electron chi connectivity index (χ3n) is 1.67. The number of primary amides is 1. The smallest absolute Gasteiger partial charge is 0.315 e. The number of amides is 1. The van der Waals surface area contributed by atoms with Gasteiger partial charge in [0.2, 0.25) is 11.8 Å². The molecule has 0 radical (unpaired) electrons. The Kier molecular flexibility index (Phi) is 4.55. The molecule has 7 nitrogen and oxygen atoms in total. The molecule has 1 aromatic heterocycles. The van der Waals surface area contributed by atoms with Gasteiger partial charge in [-0.3, -0.25) is 4.79 Å². The van der Waals surface area contributed by atoms with Crippen molar-refractivity contribution >= 4 is 11.9 Å². The van der Waals surface area contributed by atoms with E-state index in [1.165, 1.54) is 0 Å². The molecule has 1 heterocycles. The molecule has 0 aromatic carbocycles. The molecule has 7 heteroatoms. The van der Waals surface area contributed by atoms with Crippen LogP contribution in [-0.2, 0) is 11.3 Å². The Bertz CT molecular complexity index is 312. The standard InChI is InChI=1S/C8H15N5O2/c1-10-5-7-12-13-8(15-7)11-4-2-3-6(9)14/h10H,2-5H2,1H3,(H2,9,14)(H,11,13). The van der Waals surface area contributed by atoms with Crippen molar-refractivity contribution in [1.82, 2.24) is 15.5 Å². The number of rotatable bonds is 7. The molecule has 0 aliphatic rings. The van der Waals surface area contributed by atoms with Crippen molar-refractivity contribution in [2.45, 2.75) is 19.4 Å². The summed E-state index contributed by atoms with van der Waals surface area (Å²) in [6.45, 7) is 1.13. The highest BCUT2D eigenvalue weighted by atomic mass is 16.4. The van der Waals surface area contributed by atoms with Gasteiger partial charge in [0.15, 0.2) is 0 Å². The quantitative estimate of drug-likeness (QED) is 0.525. The van der Waals surface area contributed by atoms with Gasteiger partial charge in [0.25, 0.3) is 0 Å². The second-order valence-electron chi connectivity index (χ2n) is 3.03. The molecule has 0 saturated heterocycles. The first-order valence-corrected chi connectivity index (χ1v) is 4.71. The van der Waals surface area contributed by atoms with E-state index in [2.05, 4.69) is 20.8 Å². The fourth-order valence-electron chi connectivity index (χ4n) is 1.01. The molecule has 0 atom stereocenters. The molecule has 1 amide bonds. The predicted molar refractivity (Wildman–Crippen MR) is 54.0 cm³/mol. The number of carbonyl (C=O) groups excluding carboxylic acids is 1. The lowest BCUT2D eigenvalue weighted by Crippen LogP contribution is -2.12. The molecule has 4 N–H and O–H groups in total. The van der Waals surface area contributed by atoms with E-state index in [4.69, 9.17) is 10.2 Å². The first kappa shape index (κ1) is 11.4. The zero-order chi connectivity index (χ0) is 11.1. The maximum Gasteiger partial charge on any atom is 0.315 e. The molecule has 0 unspecified atom stereocenters. The number of anilines is 1. The van der Waals surface area contributed by atoms with E-state index < -0.39 is 0 Å². The Hall–Kier alpha value is -1.63. The Morgan fingerprint density at radius 3 is 3.00 bits per heavy atom. The van der Waals surface area contributed by atoms with Gasteiger partial charge in [-0.15, -0.1) is 5.10 Å². The molecule has 1 aromatic rings. The molecule has 0 aliphatic carbocycles. The Morgan fingerprint density at radius 1 is 1.53 bits per heavy atom. The second-order valence-corrected chi connectivity index (χ2v) is 3.03. The van der Waals surface area contributed by atoms with Gasteiger partial charge in [-0.25, -0.2) is 0 Å². The van der Waals surface area contributed by atoms with Gasteiger partial charge in [0.1, 0.15) is 0 Å². The molecule has 0 fully saturated rings. The average molecular weight is 213 g/mol. The van der Waals surface area contributed by atoms with Gasteiger partial charge < -0.3 is 20.8 Å². The van der Waals surface area contributed by atoms with Crippen molar-refractivity contribution in [2.24, 2.45) is 5.73 Å². The third-order valence-corrected chi connectivity index (χ3v) is 1.67. The lowest BCUT2D eigenvalue weighted by atomic mass is 10.3. The monoisotopic (exact) mass is 213 g/mol. The Labute approximate surface area is 87.4 Å². The lowest BCUT2D eigenvalue weighted by Gasteiger charge is -1.98. The number of nitrogens with one attached hydrogen (secondary N) is 2. The molecular formula is C8H15N5O2. The highest BCUT2D eigenvalue weighted by molar-refractivity contribution is 5.73. The minimum absolute atomic E-state index is 0.307. The molecule has 0 aliphatic heterocycles. The summed E-state index contributed by atoms with van der Waals surface area (Å²) in [5.41, 5.74) is 4.99. The van der Waals surface area contributed by atoms with Crippen LogP contribution < -0.4 is 16.4 Å². The fraction of sp³-hybridized carbons (Fsp3) is 0.625. The minimum atomic E-state index is -0.307. The van der Waals surface area contributed by atoms with E-state index >= 15 is 0 Å². The summed E-state index contributed by atoms with van der Waals surface area (Å²) in [7, 11) is 1.80. The van der Waals surface area contributed by atoms with E-state index in [0.717, 1.165) is 0 Å². The fourth-order valence-corrected chi connectivity index (χ4v) is 1.01. The Morgan fingerprint density at radius 2 is 2.33 bits per heavy atom. The number of hydrogen-bond acceptors (Lipinski definition) is 6. The zero-order valence-corrected chi connectivity index (χ0v) is 8.62. The third kappa shape index (κ3) is 4.41. The molecule has 0 bridgehead atoms. The van der Waals surface area contributed by atoms with Crippen molar-refractivity contribution < 1.29 is 9.21 Å². The van der Waals surface area contributed by atoms with E-state index in [9.17, 15) is 4.79 Å². The molecule has 0 spiro atoms. The van der Waals surface area contributed by atoms with Gasteiger partial charge in [0.05, 0.1) is 6.54 Å². The summed E-state index contributed by atoms with van der Waals surface area (Å²) in [6, 6.07) is 0.365. The topological polar surface area (TPSA) is 106 Å². The Balaban J connectivity index is 2.22. The SMILES string of the molecule is CNCc1nnc(NCCCC(N)=O)o1. The summed E-state index contributed by atoms with van der Waals surface area (Å²) < 4.78 is 5.22. The average Bonchev–Trinajstić information content (AvgIpc) is 2.61. The molecule has 15 heavy (non-hydrogen) atoms. The number of carbonyl (C=O) groups is 1. The van der Waals surface area contributed by atoms with Crippen LogP contribution in [0.2, 0.25) is 0 Å². The van der Waals surface area contributed by atoms with Crippen LogP contribution in [0.3, 0.4) is 0 Å². The van der Waals surface area contributed by atoms with Crippen LogP contribution in [-0.4, -0.2) is 29.7 Å². The van der Waals surface area contributed by atoms with E-state index in [1.807, 2.05) is 0 Å². The van der Waals surface area contributed by atoms with Crippen LogP contribution in [0.15, 0.2) is 4.42 Å². The zero-order valence-electron chi connectivity index (χ0n) is 8.62. The first-order valence-electron chi connectivity index (χ1n) is 4.71. The highest BCUT2D eigenvalue weighted by Crippen LogP contribution is 2.04. The molecule has 0 saturated carbocycles. The highest BCUT2D eigenvalue weighted by Gasteiger charge is 2.03. The van der Waals surface area contributed by atoms with Crippen molar-refractivity contribution in [1.29, 1.82) is 0 Å². The first-order chi connectivity index (χ1) is 7.22. The number of nitrogens with two attached hydrogens (primary N) is 1. The van der Waals surface area contributed by atoms with Crippen LogP contribution in [0.1, 0.15) is 18.7 Å². The second kappa shape index (κ2) is 5.97. The van der Waals surface area contributed by atoms with Gasteiger partial charge in [-0.1, -0.05) is 5.10 Å². The van der Waals surface area contributed by atoms with Crippen molar-refractivity contribution in [3.63, 3.8) is 0 Å². The number of aromatic nitrogens is 2. The summed E-state index contributed by atoms with van der Waals surface area (Å²) in [5.74, 6) is 0.216. The summed E-state index contributed by atoms with van der Waals surface area (Å²) in [5, 5.41) is 13.4. The maximum absolute atomic E-state index is 10.4. The van der Waals surface area contributed by atoms with Crippen molar-refractivity contribution in [3.8, 4) is 0 Å². The lowest BCUT2D eigenvalue weighted by molar-refractivity contribution is -0.118. The molecule has 1 rings (SSSR count). The van der Waals surface area contributed by atoms with Crippen molar-refractivity contribution in [3.05, 3.63) is 5.89 Å². The summed E-state index contributed by atoms with van der Waals surface area (Å²) in [4.78, 5) is 10.4. The molecule has 84 valence electrons. The molecular weight excluding hydrogens is 198 g/mol. The van der Waals surface area contributed by atoms with Crippen LogP contribution in [0.25, 0.3) is 0 Å². The maximum atomic E-state index is 10.4. The summed E-state index contributed by atoms with van der Waals surface area (Å²) >= 11 is 0. The number of nitrogens with zero attached hydrogens (tertiary/aromatic N) is 2. The van der Waals surface area contributed by atoms with Gasteiger partial charge in [-0.05, 0) is 13.5 Å². The van der Waals surface area contributed by atoms with Crippen LogP contribution in [0.5, 0.6) is 0 Å². The largest absolute Gasteiger partial charge is 0.407 e. The van der Waals surface area contributed by atoms with Crippen LogP contribution >= 0.6 is 0 Å². The van der Waals surface area contributed by atoms with Crippen LogP contribution in [0.4, 0.5) is 6.01 Å². The predicted octanol–water partition coefficient (Wildman–Crippen LogP) is -0.534. The summed E-state index contributed by atoms with van der Waals surface area (Å²) in [6.07, 6.45) is 1.00. The minimum Gasteiger partial charge on any atom is -0.407 e. The van der Waals surface area contributed by atoms with Gasteiger partial charge in [0, 0.05) is 13.0 Å². The van der Waals surface area contributed by atoms with Gasteiger partial charge in [-0.2, -0.15) is 0 Å².